The maximum absolute atomic E-state index is 12.4. The molecule has 6 nitrogen and oxygen atoms in total. The third-order valence-corrected chi connectivity index (χ3v) is 6.16. The first-order valence-corrected chi connectivity index (χ1v) is 10.2. The molecule has 150 valence electrons. The van der Waals surface area contributed by atoms with Crippen LogP contribution in [0.4, 0.5) is 10.7 Å². The predicted molar refractivity (Wildman–Crippen MR) is 116 cm³/mol. The second kappa shape index (κ2) is 8.79. The number of rotatable bonds is 5. The first kappa shape index (κ1) is 20.4. The Morgan fingerprint density at radius 2 is 2.00 bits per heavy atom. The molecule has 0 aliphatic heterocycles. The fourth-order valence-corrected chi connectivity index (χ4v) is 5.00. The van der Waals surface area contributed by atoms with Crippen molar-refractivity contribution in [1.29, 1.82) is 0 Å². The number of hydrogen-bond donors (Lipinski definition) is 2. The zero-order valence-corrected chi connectivity index (χ0v) is 18.0. The molecule has 1 aromatic heterocycles. The van der Waals surface area contributed by atoms with Gasteiger partial charge in [0.05, 0.1) is 32.6 Å². The normalized spacial score (nSPS) is 15.4. The molecule has 2 N–H and O–H groups in total. The van der Waals surface area contributed by atoms with Gasteiger partial charge in [-0.15, -0.1) is 11.3 Å². The second-order valence-electron chi connectivity index (χ2n) is 6.69. The van der Waals surface area contributed by atoms with E-state index in [0.717, 1.165) is 29.8 Å². The lowest BCUT2D eigenvalue weighted by atomic mass is 9.88. The van der Waals surface area contributed by atoms with Crippen LogP contribution in [0.2, 0.25) is 0 Å². The predicted octanol–water partition coefficient (Wildman–Crippen LogP) is 4.49. The first-order chi connectivity index (χ1) is 13.5. The summed E-state index contributed by atoms with van der Waals surface area (Å²) in [7, 11) is 4.59. The van der Waals surface area contributed by atoms with Gasteiger partial charge in [0.25, 0.3) is 0 Å². The minimum Gasteiger partial charge on any atom is -0.497 e. The molecule has 2 aromatic rings. The molecule has 1 heterocycles. The van der Waals surface area contributed by atoms with E-state index >= 15 is 0 Å². The lowest BCUT2D eigenvalue weighted by Crippen LogP contribution is -2.20. The van der Waals surface area contributed by atoms with Crippen molar-refractivity contribution in [2.24, 2.45) is 5.92 Å². The van der Waals surface area contributed by atoms with Crippen LogP contribution >= 0.6 is 23.6 Å². The highest BCUT2D eigenvalue weighted by atomic mass is 32.1. The Morgan fingerprint density at radius 3 is 2.68 bits per heavy atom. The minimum atomic E-state index is -0.334. The molecular formula is C20H24N2O4S2. The molecule has 1 aliphatic rings. The van der Waals surface area contributed by atoms with Crippen molar-refractivity contribution in [2.75, 3.05) is 32.0 Å². The Hall–Kier alpha value is -2.32. The van der Waals surface area contributed by atoms with Crippen molar-refractivity contribution in [3.63, 3.8) is 0 Å². The molecule has 0 spiro atoms. The van der Waals surface area contributed by atoms with Crippen LogP contribution in [0, 0.1) is 5.92 Å². The molecule has 0 amide bonds. The van der Waals surface area contributed by atoms with Crippen molar-refractivity contribution < 1.29 is 19.0 Å². The van der Waals surface area contributed by atoms with E-state index < -0.39 is 0 Å². The van der Waals surface area contributed by atoms with E-state index in [1.54, 1.807) is 31.6 Å². The van der Waals surface area contributed by atoms with Crippen LogP contribution in [0.25, 0.3) is 0 Å². The molecule has 1 aromatic carbocycles. The Bertz CT molecular complexity index is 895. The lowest BCUT2D eigenvalue weighted by Gasteiger charge is -2.18. The fraction of sp³-hybridized carbons (Fsp3) is 0.400. The number of nitrogens with one attached hydrogen (secondary N) is 2. The monoisotopic (exact) mass is 420 g/mol. The highest BCUT2D eigenvalue weighted by molar-refractivity contribution is 7.80. The van der Waals surface area contributed by atoms with E-state index in [1.807, 2.05) is 12.1 Å². The smallest absolute Gasteiger partial charge is 0.341 e. The highest BCUT2D eigenvalue weighted by Gasteiger charge is 2.28. The van der Waals surface area contributed by atoms with Gasteiger partial charge in [-0.25, -0.2) is 4.79 Å². The van der Waals surface area contributed by atoms with Gasteiger partial charge in [-0.2, -0.15) is 0 Å². The summed E-state index contributed by atoms with van der Waals surface area (Å²) in [6.07, 6.45) is 2.92. The average Bonchev–Trinajstić information content (AvgIpc) is 3.04. The number of methoxy groups -OCH3 is 3. The summed E-state index contributed by atoms with van der Waals surface area (Å²) in [5.41, 5.74) is 2.39. The molecule has 0 saturated heterocycles. The number of thiocarbonyl (C=S) groups is 1. The number of fused-ring (bicyclic) bond motifs is 1. The number of esters is 1. The summed E-state index contributed by atoms with van der Waals surface area (Å²) in [4.78, 5) is 13.6. The van der Waals surface area contributed by atoms with E-state index in [0.29, 0.717) is 33.8 Å². The van der Waals surface area contributed by atoms with E-state index in [9.17, 15) is 4.79 Å². The molecule has 1 aliphatic carbocycles. The maximum Gasteiger partial charge on any atom is 0.341 e. The SMILES string of the molecule is COC(=O)c1c(NC(=S)Nc2ccc(OC)cc2OC)sc2c1CCC(C)C2. The highest BCUT2D eigenvalue weighted by Crippen LogP contribution is 2.40. The number of thiophene rings is 1. The van der Waals surface area contributed by atoms with Gasteiger partial charge in [0, 0.05) is 10.9 Å². The van der Waals surface area contributed by atoms with Crippen LogP contribution in [0.15, 0.2) is 18.2 Å². The first-order valence-electron chi connectivity index (χ1n) is 8.99. The Kier molecular flexibility index (Phi) is 6.41. The topological polar surface area (TPSA) is 68.8 Å². The summed E-state index contributed by atoms with van der Waals surface area (Å²) in [5, 5.41) is 7.40. The van der Waals surface area contributed by atoms with Gasteiger partial charge in [-0.3, -0.25) is 0 Å². The summed E-state index contributed by atoms with van der Waals surface area (Å²) < 4.78 is 15.6. The van der Waals surface area contributed by atoms with Crippen molar-refractivity contribution >= 4 is 45.3 Å². The number of ether oxygens (including phenoxy) is 3. The number of carbonyl (C=O) groups is 1. The third-order valence-electron chi connectivity index (χ3n) is 4.79. The van der Waals surface area contributed by atoms with Crippen LogP contribution in [-0.4, -0.2) is 32.4 Å². The molecule has 0 fully saturated rings. The molecule has 1 unspecified atom stereocenters. The summed E-state index contributed by atoms with van der Waals surface area (Å²) in [6.45, 7) is 2.23. The minimum absolute atomic E-state index is 0.334. The Morgan fingerprint density at radius 1 is 1.21 bits per heavy atom. The van der Waals surface area contributed by atoms with Gasteiger partial charge in [0.1, 0.15) is 16.5 Å². The molecule has 0 saturated carbocycles. The van der Waals surface area contributed by atoms with Gasteiger partial charge in [-0.05, 0) is 55.1 Å². The second-order valence-corrected chi connectivity index (χ2v) is 8.21. The molecule has 28 heavy (non-hydrogen) atoms. The van der Waals surface area contributed by atoms with Crippen LogP contribution in [0.1, 0.15) is 34.1 Å². The van der Waals surface area contributed by atoms with Crippen LogP contribution in [0.3, 0.4) is 0 Å². The quantitative estimate of drug-likeness (QED) is 0.546. The number of benzene rings is 1. The van der Waals surface area contributed by atoms with Gasteiger partial charge in [0.15, 0.2) is 5.11 Å². The maximum atomic E-state index is 12.4. The summed E-state index contributed by atoms with van der Waals surface area (Å²) in [5.74, 6) is 1.57. The van der Waals surface area contributed by atoms with E-state index in [4.69, 9.17) is 26.4 Å². The van der Waals surface area contributed by atoms with Crippen LogP contribution in [0.5, 0.6) is 11.5 Å². The zero-order valence-electron chi connectivity index (χ0n) is 16.4. The number of carbonyl (C=O) groups excluding carboxylic acids is 1. The number of anilines is 2. The summed E-state index contributed by atoms with van der Waals surface area (Å²) in [6, 6.07) is 5.42. The van der Waals surface area contributed by atoms with E-state index in [-0.39, 0.29) is 5.97 Å². The van der Waals surface area contributed by atoms with Gasteiger partial charge in [-0.1, -0.05) is 6.92 Å². The van der Waals surface area contributed by atoms with Crippen molar-refractivity contribution in [3.8, 4) is 11.5 Å². The van der Waals surface area contributed by atoms with Gasteiger partial charge in [0.2, 0.25) is 0 Å². The summed E-state index contributed by atoms with van der Waals surface area (Å²) >= 11 is 7.05. The Labute approximate surface area is 174 Å². The van der Waals surface area contributed by atoms with Gasteiger partial charge >= 0.3 is 5.97 Å². The molecular weight excluding hydrogens is 396 g/mol. The molecule has 0 bridgehead atoms. The van der Waals surface area contributed by atoms with E-state index in [1.165, 1.54) is 12.0 Å². The van der Waals surface area contributed by atoms with Gasteiger partial charge < -0.3 is 24.8 Å². The van der Waals surface area contributed by atoms with Crippen molar-refractivity contribution in [1.82, 2.24) is 0 Å². The van der Waals surface area contributed by atoms with Crippen molar-refractivity contribution in [2.45, 2.75) is 26.2 Å². The zero-order chi connectivity index (χ0) is 20.3. The fourth-order valence-electron chi connectivity index (χ4n) is 3.32. The number of hydrogen-bond acceptors (Lipinski definition) is 6. The molecule has 1 atom stereocenters. The van der Waals surface area contributed by atoms with Crippen molar-refractivity contribution in [3.05, 3.63) is 34.2 Å². The Balaban J connectivity index is 1.83. The largest absolute Gasteiger partial charge is 0.497 e. The molecule has 3 rings (SSSR count). The van der Waals surface area contributed by atoms with Crippen LogP contribution in [-0.2, 0) is 17.6 Å². The molecule has 8 heteroatoms. The van der Waals surface area contributed by atoms with E-state index in [2.05, 4.69) is 17.6 Å². The molecule has 0 radical (unpaired) electrons. The standard InChI is InChI=1S/C20H24N2O4S2/c1-11-5-7-13-16(9-11)28-18(17(13)19(23)26-4)22-20(27)21-14-8-6-12(24-2)10-15(14)25-3/h6,8,10-11H,5,7,9H2,1-4H3,(H2,21,22,27). The third kappa shape index (κ3) is 4.23. The average molecular weight is 421 g/mol. The lowest BCUT2D eigenvalue weighted by molar-refractivity contribution is 0.0601. The van der Waals surface area contributed by atoms with Crippen LogP contribution < -0.4 is 20.1 Å².